The fourth-order valence-electron chi connectivity index (χ4n) is 3.84. The van der Waals surface area contributed by atoms with Gasteiger partial charge in [0.15, 0.2) is 0 Å². The number of nitrogens with one attached hydrogen (secondary N) is 2. The minimum absolute atomic E-state index is 0.362. The number of nitrogens with two attached hydrogens (primary N) is 1. The van der Waals surface area contributed by atoms with E-state index < -0.39 is 0 Å². The number of hydrazine groups is 1. The molecule has 0 aromatic heterocycles. The number of fused-ring (bicyclic) bond motifs is 1. The van der Waals surface area contributed by atoms with Gasteiger partial charge in [0.2, 0.25) is 0 Å². The first-order valence-corrected chi connectivity index (χ1v) is 7.64. The van der Waals surface area contributed by atoms with Crippen LogP contribution in [0.15, 0.2) is 24.3 Å². The van der Waals surface area contributed by atoms with E-state index in [-0.39, 0.29) is 0 Å². The second kappa shape index (κ2) is 5.80. The Morgan fingerprint density at radius 1 is 1.26 bits per heavy atom. The SMILES string of the molecule is NCCC1CCCC2NNC(c3cccc(Cl)c3)C12. The first kappa shape index (κ1) is 13.4. The van der Waals surface area contributed by atoms with Gasteiger partial charge in [-0.15, -0.1) is 0 Å². The van der Waals surface area contributed by atoms with E-state index in [0.717, 1.165) is 23.9 Å². The third kappa shape index (κ3) is 2.65. The number of halogens is 1. The molecule has 0 radical (unpaired) electrons. The monoisotopic (exact) mass is 279 g/mol. The fraction of sp³-hybridized carbons (Fsp3) is 0.600. The smallest absolute Gasteiger partial charge is 0.0509 e. The summed E-state index contributed by atoms with van der Waals surface area (Å²) in [5.41, 5.74) is 14.0. The molecule has 1 saturated heterocycles. The summed E-state index contributed by atoms with van der Waals surface area (Å²) in [5.74, 6) is 1.35. The molecule has 4 N–H and O–H groups in total. The van der Waals surface area contributed by atoms with E-state index in [1.54, 1.807) is 0 Å². The van der Waals surface area contributed by atoms with Crippen LogP contribution in [0, 0.1) is 11.8 Å². The average Bonchev–Trinajstić information content (AvgIpc) is 2.84. The second-order valence-corrected chi connectivity index (χ2v) is 6.21. The van der Waals surface area contributed by atoms with E-state index in [9.17, 15) is 0 Å². The van der Waals surface area contributed by atoms with E-state index in [2.05, 4.69) is 23.0 Å². The molecule has 4 unspecified atom stereocenters. The number of rotatable bonds is 3. The van der Waals surface area contributed by atoms with E-state index >= 15 is 0 Å². The molecule has 19 heavy (non-hydrogen) atoms. The molecule has 2 aliphatic rings. The molecule has 104 valence electrons. The zero-order chi connectivity index (χ0) is 13.2. The number of hydrogen-bond donors (Lipinski definition) is 3. The first-order valence-electron chi connectivity index (χ1n) is 7.26. The van der Waals surface area contributed by atoms with Gasteiger partial charge in [-0.05, 0) is 55.3 Å². The number of benzene rings is 1. The molecule has 1 aliphatic heterocycles. The molecule has 0 spiro atoms. The van der Waals surface area contributed by atoms with Crippen molar-refractivity contribution in [2.45, 2.75) is 37.8 Å². The molecule has 3 nitrogen and oxygen atoms in total. The summed E-state index contributed by atoms with van der Waals surface area (Å²) in [4.78, 5) is 0. The van der Waals surface area contributed by atoms with Crippen LogP contribution >= 0.6 is 11.6 Å². The molecule has 1 saturated carbocycles. The van der Waals surface area contributed by atoms with Crippen LogP contribution < -0.4 is 16.6 Å². The van der Waals surface area contributed by atoms with Crippen LogP contribution in [0.25, 0.3) is 0 Å². The molecule has 1 heterocycles. The van der Waals surface area contributed by atoms with Crippen LogP contribution in [0.2, 0.25) is 5.02 Å². The predicted molar refractivity (Wildman–Crippen MR) is 78.8 cm³/mol. The van der Waals surface area contributed by atoms with Gasteiger partial charge in [-0.3, -0.25) is 5.43 Å². The number of hydrogen-bond acceptors (Lipinski definition) is 3. The van der Waals surface area contributed by atoms with Gasteiger partial charge in [0.05, 0.1) is 6.04 Å². The van der Waals surface area contributed by atoms with Gasteiger partial charge in [-0.1, -0.05) is 30.2 Å². The Hall–Kier alpha value is -0.610. The molecule has 1 aliphatic carbocycles. The van der Waals surface area contributed by atoms with E-state index in [0.29, 0.717) is 18.0 Å². The topological polar surface area (TPSA) is 50.1 Å². The van der Waals surface area contributed by atoms with Crippen LogP contribution in [0.1, 0.15) is 37.3 Å². The van der Waals surface area contributed by atoms with Crippen molar-refractivity contribution in [2.75, 3.05) is 6.54 Å². The van der Waals surface area contributed by atoms with Crippen molar-refractivity contribution < 1.29 is 0 Å². The summed E-state index contributed by atoms with van der Waals surface area (Å²) in [6, 6.07) is 9.16. The Labute approximate surface area is 119 Å². The normalized spacial score (nSPS) is 34.2. The molecule has 4 heteroatoms. The van der Waals surface area contributed by atoms with Gasteiger partial charge in [-0.25, -0.2) is 5.43 Å². The maximum absolute atomic E-state index is 6.13. The van der Waals surface area contributed by atoms with Crippen molar-refractivity contribution in [1.82, 2.24) is 10.9 Å². The van der Waals surface area contributed by atoms with Gasteiger partial charge < -0.3 is 5.73 Å². The molecule has 1 aromatic rings. The van der Waals surface area contributed by atoms with Crippen LogP contribution in [0.3, 0.4) is 0 Å². The summed E-state index contributed by atoms with van der Waals surface area (Å²) < 4.78 is 0. The molecular weight excluding hydrogens is 258 g/mol. The highest BCUT2D eigenvalue weighted by Gasteiger charge is 2.43. The molecular formula is C15H22ClN3. The average molecular weight is 280 g/mol. The highest BCUT2D eigenvalue weighted by molar-refractivity contribution is 6.30. The van der Waals surface area contributed by atoms with Crippen molar-refractivity contribution in [2.24, 2.45) is 17.6 Å². The maximum atomic E-state index is 6.13. The van der Waals surface area contributed by atoms with Crippen LogP contribution in [-0.4, -0.2) is 12.6 Å². The lowest BCUT2D eigenvalue weighted by Crippen LogP contribution is -2.37. The van der Waals surface area contributed by atoms with Crippen LogP contribution in [0.5, 0.6) is 0 Å². The first-order chi connectivity index (χ1) is 9.29. The Morgan fingerprint density at radius 2 is 2.16 bits per heavy atom. The van der Waals surface area contributed by atoms with E-state index in [4.69, 9.17) is 17.3 Å². The zero-order valence-electron chi connectivity index (χ0n) is 11.1. The Balaban J connectivity index is 1.85. The quantitative estimate of drug-likeness (QED) is 0.797. The lowest BCUT2D eigenvalue weighted by molar-refractivity contribution is 0.194. The second-order valence-electron chi connectivity index (χ2n) is 5.77. The van der Waals surface area contributed by atoms with Crippen LogP contribution in [-0.2, 0) is 0 Å². The predicted octanol–water partition coefficient (Wildman–Crippen LogP) is 2.62. The molecule has 4 atom stereocenters. The van der Waals surface area contributed by atoms with Gasteiger partial charge >= 0.3 is 0 Å². The van der Waals surface area contributed by atoms with Gasteiger partial charge in [-0.2, -0.15) is 0 Å². The van der Waals surface area contributed by atoms with Crippen molar-refractivity contribution in [3.63, 3.8) is 0 Å². The van der Waals surface area contributed by atoms with Crippen molar-refractivity contribution in [3.8, 4) is 0 Å². The van der Waals surface area contributed by atoms with Gasteiger partial charge in [0.1, 0.15) is 0 Å². The maximum Gasteiger partial charge on any atom is 0.0509 e. The summed E-state index contributed by atoms with van der Waals surface area (Å²) in [5, 5.41) is 0.814. The highest BCUT2D eigenvalue weighted by atomic mass is 35.5. The van der Waals surface area contributed by atoms with Gasteiger partial charge in [0.25, 0.3) is 0 Å². The highest BCUT2D eigenvalue weighted by Crippen LogP contribution is 2.43. The summed E-state index contributed by atoms with van der Waals surface area (Å²) in [6.07, 6.45) is 5.00. The summed E-state index contributed by atoms with van der Waals surface area (Å²) in [6.45, 7) is 0.788. The zero-order valence-corrected chi connectivity index (χ0v) is 11.9. The molecule has 2 fully saturated rings. The van der Waals surface area contributed by atoms with Crippen molar-refractivity contribution in [3.05, 3.63) is 34.9 Å². The molecule has 1 aromatic carbocycles. The lowest BCUT2D eigenvalue weighted by atomic mass is 9.71. The van der Waals surface area contributed by atoms with Gasteiger partial charge in [0, 0.05) is 11.1 Å². The Kier molecular flexibility index (Phi) is 4.08. The molecule has 0 amide bonds. The minimum atomic E-state index is 0.362. The van der Waals surface area contributed by atoms with E-state index in [1.807, 2.05) is 12.1 Å². The van der Waals surface area contributed by atoms with Crippen molar-refractivity contribution in [1.29, 1.82) is 0 Å². The Morgan fingerprint density at radius 3 is 2.95 bits per heavy atom. The standard InChI is InChI=1S/C15H22ClN3/c16-12-5-1-4-11(9-12)15-14-10(7-8-17)3-2-6-13(14)18-19-15/h1,4-5,9-10,13-15,18-19H,2-3,6-8,17H2. The summed E-state index contributed by atoms with van der Waals surface area (Å²) >= 11 is 6.13. The minimum Gasteiger partial charge on any atom is -0.330 e. The lowest BCUT2D eigenvalue weighted by Gasteiger charge is -2.35. The van der Waals surface area contributed by atoms with Crippen LogP contribution in [0.4, 0.5) is 0 Å². The summed E-state index contributed by atoms with van der Waals surface area (Å²) in [7, 11) is 0. The third-order valence-corrected chi connectivity index (χ3v) is 4.89. The molecule has 3 rings (SSSR count). The molecule has 0 bridgehead atoms. The Bertz CT molecular complexity index is 435. The largest absolute Gasteiger partial charge is 0.330 e. The van der Waals surface area contributed by atoms with Crippen molar-refractivity contribution >= 4 is 11.6 Å². The fourth-order valence-corrected chi connectivity index (χ4v) is 4.03. The van der Waals surface area contributed by atoms with E-state index in [1.165, 1.54) is 24.8 Å². The third-order valence-electron chi connectivity index (χ3n) is 4.65.